The van der Waals surface area contributed by atoms with Crippen LogP contribution < -0.4 is 0 Å². The summed E-state index contributed by atoms with van der Waals surface area (Å²) in [6.07, 6.45) is -1.01. The Labute approximate surface area is 88.4 Å². The van der Waals surface area contributed by atoms with Crippen molar-refractivity contribution in [2.45, 2.75) is 18.9 Å². The Kier molecular flexibility index (Phi) is 6.64. The zero-order chi connectivity index (χ0) is 11.8. The third kappa shape index (κ3) is 7.90. The first-order chi connectivity index (χ1) is 6.95. The molecule has 0 aliphatic rings. The van der Waals surface area contributed by atoms with Crippen molar-refractivity contribution in [2.24, 2.45) is 0 Å². The van der Waals surface area contributed by atoms with Gasteiger partial charge in [-0.15, -0.1) is 0 Å². The molecule has 0 fully saturated rings. The van der Waals surface area contributed by atoms with Gasteiger partial charge in [-0.1, -0.05) is 0 Å². The van der Waals surface area contributed by atoms with E-state index in [9.17, 15) is 9.59 Å². The van der Waals surface area contributed by atoms with Crippen LogP contribution in [-0.2, 0) is 14.3 Å². The van der Waals surface area contributed by atoms with Gasteiger partial charge >= 0.3 is 11.9 Å². The summed E-state index contributed by atoms with van der Waals surface area (Å²) in [6.45, 7) is 0.145. The topological polar surface area (TPSA) is 87.1 Å². The predicted octanol–water partition coefficient (Wildman–Crippen LogP) is -0.683. The van der Waals surface area contributed by atoms with Crippen LogP contribution in [0.5, 0.6) is 0 Å². The largest absolute Gasteiger partial charge is 0.481 e. The Morgan fingerprint density at radius 1 is 1.33 bits per heavy atom. The van der Waals surface area contributed by atoms with Crippen LogP contribution in [0.25, 0.3) is 0 Å². The lowest BCUT2D eigenvalue weighted by Gasteiger charge is -2.19. The molecule has 0 heterocycles. The van der Waals surface area contributed by atoms with E-state index in [2.05, 4.69) is 0 Å². The standard InChI is InChI=1S/C9H17NO5/c1-10(2)5-7(6-11)15-9(14)4-3-8(12)13/h7,11H,3-6H2,1-2H3,(H,12,13)/t7-/m0/s1. The Hall–Kier alpha value is -1.14. The number of ether oxygens (including phenoxy) is 1. The van der Waals surface area contributed by atoms with Gasteiger partial charge in [-0.25, -0.2) is 0 Å². The average molecular weight is 219 g/mol. The third-order valence-electron chi connectivity index (χ3n) is 1.61. The van der Waals surface area contributed by atoms with Crippen LogP contribution in [0.4, 0.5) is 0 Å². The first kappa shape index (κ1) is 13.9. The second-order valence-corrected chi connectivity index (χ2v) is 3.45. The van der Waals surface area contributed by atoms with Crippen molar-refractivity contribution < 1.29 is 24.5 Å². The van der Waals surface area contributed by atoms with Gasteiger partial charge in [-0.05, 0) is 14.1 Å². The van der Waals surface area contributed by atoms with E-state index in [0.29, 0.717) is 6.54 Å². The zero-order valence-electron chi connectivity index (χ0n) is 8.97. The van der Waals surface area contributed by atoms with Crippen molar-refractivity contribution in [1.82, 2.24) is 4.90 Å². The third-order valence-corrected chi connectivity index (χ3v) is 1.61. The van der Waals surface area contributed by atoms with E-state index in [4.69, 9.17) is 14.9 Å². The summed E-state index contributed by atoms with van der Waals surface area (Å²) >= 11 is 0. The van der Waals surface area contributed by atoms with E-state index in [1.807, 2.05) is 0 Å². The van der Waals surface area contributed by atoms with Crippen LogP contribution in [0.15, 0.2) is 0 Å². The summed E-state index contributed by atoms with van der Waals surface area (Å²) in [6, 6.07) is 0. The predicted molar refractivity (Wildman–Crippen MR) is 52.4 cm³/mol. The summed E-state index contributed by atoms with van der Waals surface area (Å²) in [5.74, 6) is -1.64. The lowest BCUT2D eigenvalue weighted by atomic mass is 10.3. The minimum atomic E-state index is -1.04. The van der Waals surface area contributed by atoms with Gasteiger partial charge in [0.25, 0.3) is 0 Å². The number of aliphatic carboxylic acids is 1. The summed E-state index contributed by atoms with van der Waals surface area (Å²) in [7, 11) is 3.57. The van der Waals surface area contributed by atoms with Crippen molar-refractivity contribution in [2.75, 3.05) is 27.2 Å². The van der Waals surface area contributed by atoms with Gasteiger partial charge < -0.3 is 19.8 Å². The van der Waals surface area contributed by atoms with E-state index < -0.39 is 18.0 Å². The quantitative estimate of drug-likeness (QED) is 0.551. The van der Waals surface area contributed by atoms with Crippen molar-refractivity contribution in [3.63, 3.8) is 0 Å². The number of carbonyl (C=O) groups is 2. The molecule has 88 valence electrons. The molecule has 0 aliphatic carbocycles. The highest BCUT2D eigenvalue weighted by molar-refractivity contribution is 5.76. The monoisotopic (exact) mass is 219 g/mol. The van der Waals surface area contributed by atoms with Gasteiger partial charge in [-0.3, -0.25) is 9.59 Å². The molecule has 6 nitrogen and oxygen atoms in total. The molecule has 0 rings (SSSR count). The number of aliphatic hydroxyl groups is 1. The number of carboxylic acid groups (broad SMARTS) is 1. The molecule has 0 bridgehead atoms. The Balaban J connectivity index is 3.85. The number of nitrogens with zero attached hydrogens (tertiary/aromatic N) is 1. The number of hydrogen-bond acceptors (Lipinski definition) is 5. The van der Waals surface area contributed by atoms with Gasteiger partial charge in [-0.2, -0.15) is 0 Å². The maximum atomic E-state index is 11.1. The second kappa shape index (κ2) is 7.19. The smallest absolute Gasteiger partial charge is 0.306 e. The maximum Gasteiger partial charge on any atom is 0.306 e. The molecule has 0 saturated heterocycles. The molecule has 0 amide bonds. The number of rotatable bonds is 7. The number of aliphatic hydroxyl groups excluding tert-OH is 1. The first-order valence-electron chi connectivity index (χ1n) is 4.62. The summed E-state index contributed by atoms with van der Waals surface area (Å²) < 4.78 is 4.87. The summed E-state index contributed by atoms with van der Waals surface area (Å²) in [5, 5.41) is 17.2. The van der Waals surface area contributed by atoms with Crippen LogP contribution in [0.1, 0.15) is 12.8 Å². The maximum absolute atomic E-state index is 11.1. The lowest BCUT2D eigenvalue weighted by Crippen LogP contribution is -2.33. The lowest BCUT2D eigenvalue weighted by molar-refractivity contribution is -0.154. The fourth-order valence-corrected chi connectivity index (χ4v) is 0.993. The molecule has 0 aliphatic heterocycles. The summed E-state index contributed by atoms with van der Waals surface area (Å²) in [5.41, 5.74) is 0. The molecule has 15 heavy (non-hydrogen) atoms. The summed E-state index contributed by atoms with van der Waals surface area (Å²) in [4.78, 5) is 23.0. The van der Waals surface area contributed by atoms with Gasteiger partial charge in [0, 0.05) is 6.54 Å². The van der Waals surface area contributed by atoms with Crippen LogP contribution in [0, 0.1) is 0 Å². The molecule has 0 aromatic heterocycles. The zero-order valence-corrected chi connectivity index (χ0v) is 8.97. The van der Waals surface area contributed by atoms with E-state index in [1.165, 1.54) is 0 Å². The molecule has 0 unspecified atom stereocenters. The average Bonchev–Trinajstić information content (AvgIpc) is 2.13. The molecule has 2 N–H and O–H groups in total. The highest BCUT2D eigenvalue weighted by Gasteiger charge is 2.15. The molecule has 1 atom stereocenters. The second-order valence-electron chi connectivity index (χ2n) is 3.45. The molecular weight excluding hydrogens is 202 g/mol. The van der Waals surface area contributed by atoms with Crippen molar-refractivity contribution >= 4 is 11.9 Å². The van der Waals surface area contributed by atoms with Crippen molar-refractivity contribution in [3.05, 3.63) is 0 Å². The SMILES string of the molecule is CN(C)C[C@@H](CO)OC(=O)CCC(=O)O. The Bertz CT molecular complexity index is 217. The van der Waals surface area contributed by atoms with Gasteiger partial charge in [0.1, 0.15) is 6.10 Å². The van der Waals surface area contributed by atoms with Crippen molar-refractivity contribution in [1.29, 1.82) is 0 Å². The number of likely N-dealkylation sites (N-methyl/N-ethyl adjacent to an activating group) is 1. The molecule has 0 aromatic carbocycles. The van der Waals surface area contributed by atoms with Gasteiger partial charge in [0.05, 0.1) is 19.4 Å². The van der Waals surface area contributed by atoms with Crippen LogP contribution in [-0.4, -0.2) is 60.4 Å². The van der Waals surface area contributed by atoms with Gasteiger partial charge in [0.15, 0.2) is 0 Å². The van der Waals surface area contributed by atoms with Crippen LogP contribution >= 0.6 is 0 Å². The molecule has 6 heteroatoms. The molecule has 0 aromatic rings. The van der Waals surface area contributed by atoms with Crippen LogP contribution in [0.2, 0.25) is 0 Å². The Morgan fingerprint density at radius 3 is 2.33 bits per heavy atom. The Morgan fingerprint density at radius 2 is 1.93 bits per heavy atom. The van der Waals surface area contributed by atoms with E-state index in [1.54, 1.807) is 19.0 Å². The molecule has 0 radical (unpaired) electrons. The fraction of sp³-hybridized carbons (Fsp3) is 0.778. The number of hydrogen-bond donors (Lipinski definition) is 2. The van der Waals surface area contributed by atoms with E-state index in [-0.39, 0.29) is 19.4 Å². The number of carboxylic acids is 1. The van der Waals surface area contributed by atoms with E-state index >= 15 is 0 Å². The number of esters is 1. The number of carbonyl (C=O) groups excluding carboxylic acids is 1. The highest BCUT2D eigenvalue weighted by atomic mass is 16.6. The van der Waals surface area contributed by atoms with Gasteiger partial charge in [0.2, 0.25) is 0 Å². The minimum Gasteiger partial charge on any atom is -0.481 e. The first-order valence-corrected chi connectivity index (χ1v) is 4.62. The molecule has 0 saturated carbocycles. The van der Waals surface area contributed by atoms with Crippen LogP contribution in [0.3, 0.4) is 0 Å². The molecular formula is C9H17NO5. The highest BCUT2D eigenvalue weighted by Crippen LogP contribution is 1.99. The van der Waals surface area contributed by atoms with E-state index in [0.717, 1.165) is 0 Å². The van der Waals surface area contributed by atoms with Crippen molar-refractivity contribution in [3.8, 4) is 0 Å². The normalized spacial score (nSPS) is 12.5. The fourth-order valence-electron chi connectivity index (χ4n) is 0.993. The minimum absolute atomic E-state index is 0.167. The molecule has 0 spiro atoms.